The summed E-state index contributed by atoms with van der Waals surface area (Å²) in [5.41, 5.74) is -0.151. The molecule has 1 spiro atoms. The molecule has 1 fully saturated rings. The van der Waals surface area contributed by atoms with Gasteiger partial charge in [-0.2, -0.15) is 0 Å². The third-order valence-electron chi connectivity index (χ3n) is 4.64. The van der Waals surface area contributed by atoms with Crippen LogP contribution in [0.15, 0.2) is 36.4 Å². The number of nitrogens with zero attached hydrogens (tertiary/aromatic N) is 1. The Labute approximate surface area is 157 Å². The van der Waals surface area contributed by atoms with E-state index in [1.807, 2.05) is 19.1 Å². The van der Waals surface area contributed by atoms with Crippen LogP contribution in [-0.2, 0) is 4.79 Å². The zero-order valence-corrected chi connectivity index (χ0v) is 15.4. The number of carbonyl (C=O) groups is 2. The number of amides is 1. The fourth-order valence-electron chi connectivity index (χ4n) is 3.28. The fraction of sp³-hybridized carbons (Fsp3) is 0.368. The average Bonchev–Trinajstić information content (AvgIpc) is 2.57. The minimum atomic E-state index is -0.592. The molecule has 0 bridgehead atoms. The summed E-state index contributed by atoms with van der Waals surface area (Å²) in [6.07, 6.45) is 8.44. The van der Waals surface area contributed by atoms with E-state index in [4.69, 9.17) is 27.9 Å². The van der Waals surface area contributed by atoms with Gasteiger partial charge in [-0.25, -0.2) is 0 Å². The molecule has 0 N–H and O–H groups in total. The lowest BCUT2D eigenvalue weighted by Crippen LogP contribution is -2.52. The average molecular weight is 380 g/mol. The lowest BCUT2D eigenvalue weighted by atomic mass is 9.82. The van der Waals surface area contributed by atoms with E-state index in [1.165, 1.54) is 0 Å². The van der Waals surface area contributed by atoms with Crippen molar-refractivity contribution >= 4 is 34.9 Å². The predicted octanol–water partition coefficient (Wildman–Crippen LogP) is 4.45. The number of carbonyl (C=O) groups excluding carboxylic acids is 2. The maximum atomic E-state index is 12.6. The number of hydrogen-bond donors (Lipinski definition) is 0. The first-order valence-electron chi connectivity index (χ1n) is 8.24. The molecule has 0 radical (unpaired) electrons. The molecule has 2 aliphatic rings. The van der Waals surface area contributed by atoms with E-state index in [2.05, 4.69) is 0 Å². The second-order valence-electron chi connectivity index (χ2n) is 6.36. The fourth-order valence-corrected chi connectivity index (χ4v) is 3.81. The lowest BCUT2D eigenvalue weighted by Gasteiger charge is -2.44. The van der Waals surface area contributed by atoms with Gasteiger partial charge in [0.15, 0.2) is 5.78 Å². The molecule has 0 atom stereocenters. The number of Topliss-reactive ketones (excluding diaryl/α,β-unsaturated/α-hetero) is 1. The van der Waals surface area contributed by atoms with Crippen molar-refractivity contribution in [3.05, 3.63) is 52.0 Å². The summed E-state index contributed by atoms with van der Waals surface area (Å²) in [5, 5.41) is 0.771. The molecule has 0 unspecified atom stereocenters. The van der Waals surface area contributed by atoms with Gasteiger partial charge in [-0.15, -0.1) is 0 Å². The molecule has 132 valence electrons. The van der Waals surface area contributed by atoms with Gasteiger partial charge in [0, 0.05) is 37.0 Å². The van der Waals surface area contributed by atoms with Crippen molar-refractivity contribution in [3.8, 4) is 5.75 Å². The normalized spacial score (nSPS) is 19.5. The van der Waals surface area contributed by atoms with Crippen LogP contribution in [0.5, 0.6) is 5.75 Å². The summed E-state index contributed by atoms with van der Waals surface area (Å²) >= 11 is 12.2. The highest BCUT2D eigenvalue weighted by molar-refractivity contribution is 6.36. The van der Waals surface area contributed by atoms with E-state index in [-0.39, 0.29) is 18.1 Å². The zero-order chi connectivity index (χ0) is 18.0. The predicted molar refractivity (Wildman–Crippen MR) is 98.5 cm³/mol. The van der Waals surface area contributed by atoms with Crippen LogP contribution < -0.4 is 4.74 Å². The van der Waals surface area contributed by atoms with Gasteiger partial charge in [0.2, 0.25) is 5.91 Å². The number of ether oxygens (including phenoxy) is 1. The molecule has 1 amide bonds. The Bertz CT molecular complexity index is 762. The first kappa shape index (κ1) is 18.0. The van der Waals surface area contributed by atoms with E-state index in [0.29, 0.717) is 47.3 Å². The Morgan fingerprint density at radius 3 is 2.64 bits per heavy atom. The van der Waals surface area contributed by atoms with Crippen LogP contribution in [0.4, 0.5) is 0 Å². The summed E-state index contributed by atoms with van der Waals surface area (Å²) in [6, 6.07) is 3.18. The summed E-state index contributed by atoms with van der Waals surface area (Å²) in [4.78, 5) is 26.5. The molecule has 1 aromatic rings. The van der Waals surface area contributed by atoms with Gasteiger partial charge in [-0.1, -0.05) is 41.4 Å². The number of ketones is 1. The summed E-state index contributed by atoms with van der Waals surface area (Å²) < 4.78 is 6.16. The van der Waals surface area contributed by atoms with Gasteiger partial charge in [-0.05, 0) is 19.1 Å². The van der Waals surface area contributed by atoms with E-state index >= 15 is 0 Å². The van der Waals surface area contributed by atoms with E-state index in [1.54, 1.807) is 29.2 Å². The summed E-state index contributed by atoms with van der Waals surface area (Å²) in [7, 11) is 0. The number of rotatable bonds is 2. The smallest absolute Gasteiger partial charge is 0.246 e. The molecule has 0 saturated carbocycles. The maximum absolute atomic E-state index is 12.6. The highest BCUT2D eigenvalue weighted by Crippen LogP contribution is 2.44. The van der Waals surface area contributed by atoms with Gasteiger partial charge in [-0.3, -0.25) is 9.59 Å². The summed E-state index contributed by atoms with van der Waals surface area (Å²) in [5.74, 6) is 0.369. The molecule has 1 aromatic carbocycles. The Morgan fingerprint density at radius 2 is 1.96 bits per heavy atom. The highest BCUT2D eigenvalue weighted by atomic mass is 35.5. The minimum absolute atomic E-state index is 0.0154. The van der Waals surface area contributed by atoms with E-state index < -0.39 is 5.60 Å². The van der Waals surface area contributed by atoms with Crippen LogP contribution in [0.3, 0.4) is 0 Å². The van der Waals surface area contributed by atoms with Crippen LogP contribution in [0, 0.1) is 0 Å². The molecule has 2 aliphatic heterocycles. The number of likely N-dealkylation sites (tertiary alicyclic amines) is 1. The lowest BCUT2D eigenvalue weighted by molar-refractivity contribution is -0.129. The minimum Gasteiger partial charge on any atom is -0.484 e. The van der Waals surface area contributed by atoms with E-state index in [9.17, 15) is 9.59 Å². The van der Waals surface area contributed by atoms with Crippen molar-refractivity contribution in [2.45, 2.75) is 31.8 Å². The topological polar surface area (TPSA) is 46.6 Å². The molecule has 2 heterocycles. The number of hydrogen-bond acceptors (Lipinski definition) is 3. The molecule has 1 saturated heterocycles. The Morgan fingerprint density at radius 1 is 1.24 bits per heavy atom. The van der Waals surface area contributed by atoms with Gasteiger partial charge >= 0.3 is 0 Å². The largest absolute Gasteiger partial charge is 0.484 e. The van der Waals surface area contributed by atoms with Crippen molar-refractivity contribution < 1.29 is 14.3 Å². The second kappa shape index (κ2) is 7.22. The van der Waals surface area contributed by atoms with Gasteiger partial charge < -0.3 is 9.64 Å². The first-order valence-corrected chi connectivity index (χ1v) is 8.99. The summed E-state index contributed by atoms with van der Waals surface area (Å²) in [6.45, 7) is 2.99. The Kier molecular flexibility index (Phi) is 5.21. The van der Waals surface area contributed by atoms with Crippen molar-refractivity contribution in [2.75, 3.05) is 13.1 Å². The molecule has 25 heavy (non-hydrogen) atoms. The van der Waals surface area contributed by atoms with Crippen molar-refractivity contribution in [1.29, 1.82) is 0 Å². The number of fused-ring (bicyclic) bond motifs is 1. The maximum Gasteiger partial charge on any atom is 0.246 e. The zero-order valence-electron chi connectivity index (χ0n) is 13.9. The Hall–Kier alpha value is -1.78. The van der Waals surface area contributed by atoms with E-state index in [0.717, 1.165) is 0 Å². The number of piperidine rings is 1. The molecular weight excluding hydrogens is 361 g/mol. The van der Waals surface area contributed by atoms with Crippen LogP contribution in [0.25, 0.3) is 0 Å². The van der Waals surface area contributed by atoms with Crippen LogP contribution in [0.2, 0.25) is 10.0 Å². The van der Waals surface area contributed by atoms with Crippen molar-refractivity contribution in [3.63, 3.8) is 0 Å². The quantitative estimate of drug-likeness (QED) is 0.563. The standard InChI is InChI=1S/C19H19Cl2NO3/c1-2-3-4-5-17(24)22-8-6-19(7-9-22)12-16(23)14-10-13(20)11-15(21)18(14)25-19/h2-5,10-11H,6-9,12H2,1H3/b3-2+,5-4+. The third-order valence-corrected chi connectivity index (χ3v) is 5.14. The monoisotopic (exact) mass is 379 g/mol. The Balaban J connectivity index is 1.74. The van der Waals surface area contributed by atoms with Crippen LogP contribution >= 0.6 is 23.2 Å². The van der Waals surface area contributed by atoms with Crippen LogP contribution in [-0.4, -0.2) is 35.3 Å². The van der Waals surface area contributed by atoms with Crippen molar-refractivity contribution in [2.24, 2.45) is 0 Å². The molecule has 6 heteroatoms. The number of allylic oxidation sites excluding steroid dienone is 3. The number of halogens is 2. The molecule has 0 aliphatic carbocycles. The van der Waals surface area contributed by atoms with Crippen molar-refractivity contribution in [1.82, 2.24) is 4.90 Å². The molecule has 0 aromatic heterocycles. The SMILES string of the molecule is C/C=C/C=C/C(=O)N1CCC2(CC1)CC(=O)c1cc(Cl)cc(Cl)c1O2. The number of benzene rings is 1. The third kappa shape index (κ3) is 3.75. The second-order valence-corrected chi connectivity index (χ2v) is 7.20. The van der Waals surface area contributed by atoms with Gasteiger partial charge in [0.1, 0.15) is 11.4 Å². The van der Waals surface area contributed by atoms with Gasteiger partial charge in [0.05, 0.1) is 17.0 Å². The molecular formula is C19H19Cl2NO3. The molecule has 4 nitrogen and oxygen atoms in total. The highest BCUT2D eigenvalue weighted by Gasteiger charge is 2.44. The van der Waals surface area contributed by atoms with Gasteiger partial charge in [0.25, 0.3) is 0 Å². The first-order chi connectivity index (χ1) is 11.9. The molecule has 3 rings (SSSR count). The van der Waals surface area contributed by atoms with Crippen LogP contribution in [0.1, 0.15) is 36.5 Å².